The lowest BCUT2D eigenvalue weighted by atomic mass is 10.2. The number of alkyl halides is 2. The highest BCUT2D eigenvalue weighted by molar-refractivity contribution is 5.76. The molecule has 156 valence electrons. The summed E-state index contributed by atoms with van der Waals surface area (Å²) in [5.41, 5.74) is -0.343. The molecule has 0 bridgehead atoms. The minimum Gasteiger partial charge on any atom is -0.493 e. The van der Waals surface area contributed by atoms with Crippen LogP contribution in [0.4, 0.5) is 8.78 Å². The molecule has 29 heavy (non-hydrogen) atoms. The second-order valence-electron chi connectivity index (χ2n) is 6.74. The van der Waals surface area contributed by atoms with Gasteiger partial charge in [0.2, 0.25) is 5.91 Å². The molecule has 1 aliphatic rings. The number of carbonyl (C=O) groups excluding carboxylic acids is 1. The van der Waals surface area contributed by atoms with E-state index in [1.165, 1.54) is 37.1 Å². The largest absolute Gasteiger partial charge is 0.493 e. The molecule has 1 heterocycles. The predicted octanol–water partition coefficient (Wildman–Crippen LogP) is 1.35. The van der Waals surface area contributed by atoms with Crippen LogP contribution in [0.1, 0.15) is 18.4 Å². The van der Waals surface area contributed by atoms with Crippen LogP contribution in [-0.2, 0) is 24.9 Å². The zero-order valence-corrected chi connectivity index (χ0v) is 16.0. The van der Waals surface area contributed by atoms with E-state index in [1.54, 1.807) is 17.0 Å². The van der Waals surface area contributed by atoms with Gasteiger partial charge in [-0.1, -0.05) is 6.07 Å². The van der Waals surface area contributed by atoms with E-state index >= 15 is 0 Å². The number of carbonyl (C=O) groups is 1. The number of aromatic nitrogens is 2. The van der Waals surface area contributed by atoms with E-state index in [4.69, 9.17) is 4.74 Å². The Kier molecular flexibility index (Phi) is 6.00. The van der Waals surface area contributed by atoms with Crippen LogP contribution in [0.2, 0.25) is 0 Å². The summed E-state index contributed by atoms with van der Waals surface area (Å²) in [5, 5.41) is 0. The first kappa shape index (κ1) is 20.6. The molecule has 1 fully saturated rings. The van der Waals surface area contributed by atoms with Crippen molar-refractivity contribution in [3.05, 3.63) is 56.9 Å². The van der Waals surface area contributed by atoms with Gasteiger partial charge in [0.15, 0.2) is 11.5 Å². The Balaban J connectivity index is 1.79. The van der Waals surface area contributed by atoms with Gasteiger partial charge in [0.05, 0.1) is 7.11 Å². The summed E-state index contributed by atoms with van der Waals surface area (Å²) in [5.74, 6) is -0.229. The van der Waals surface area contributed by atoms with Crippen LogP contribution < -0.4 is 20.7 Å². The second-order valence-corrected chi connectivity index (χ2v) is 6.74. The maximum Gasteiger partial charge on any atom is 0.387 e. The number of hydrogen-bond acceptors (Lipinski definition) is 5. The topological polar surface area (TPSA) is 82.8 Å². The minimum atomic E-state index is -2.97. The Morgan fingerprint density at radius 1 is 1.24 bits per heavy atom. The van der Waals surface area contributed by atoms with Gasteiger partial charge in [0.1, 0.15) is 6.54 Å². The molecule has 1 aromatic heterocycles. The highest BCUT2D eigenvalue weighted by Gasteiger charge is 2.33. The molecule has 0 N–H and O–H groups in total. The first-order chi connectivity index (χ1) is 13.8. The lowest BCUT2D eigenvalue weighted by Crippen LogP contribution is -2.42. The summed E-state index contributed by atoms with van der Waals surface area (Å²) < 4.78 is 36.6. The van der Waals surface area contributed by atoms with Gasteiger partial charge in [-0.15, -0.1) is 0 Å². The quantitative estimate of drug-likeness (QED) is 0.657. The maximum atomic E-state index is 12.8. The van der Waals surface area contributed by atoms with Gasteiger partial charge in [-0.05, 0) is 30.5 Å². The highest BCUT2D eigenvalue weighted by Crippen LogP contribution is 2.32. The summed E-state index contributed by atoms with van der Waals surface area (Å²) in [7, 11) is 2.69. The molecule has 0 saturated heterocycles. The van der Waals surface area contributed by atoms with Crippen molar-refractivity contribution in [2.75, 3.05) is 7.11 Å². The second kappa shape index (κ2) is 8.46. The first-order valence-corrected chi connectivity index (χ1v) is 8.98. The number of hydrogen-bond donors (Lipinski definition) is 0. The van der Waals surface area contributed by atoms with Crippen molar-refractivity contribution in [3.63, 3.8) is 0 Å². The number of rotatable bonds is 8. The summed E-state index contributed by atoms with van der Waals surface area (Å²) in [6.07, 6.45) is 2.99. The number of ether oxygens (including phenoxy) is 2. The number of halogens is 2. The van der Waals surface area contributed by atoms with Gasteiger partial charge in [0.25, 0.3) is 5.56 Å². The van der Waals surface area contributed by atoms with Crippen LogP contribution in [0, 0.1) is 0 Å². The fourth-order valence-electron chi connectivity index (χ4n) is 2.98. The summed E-state index contributed by atoms with van der Waals surface area (Å²) >= 11 is 0. The Labute approximate surface area is 164 Å². The monoisotopic (exact) mass is 409 g/mol. The molecular weight excluding hydrogens is 388 g/mol. The molecule has 1 aliphatic carbocycles. The third kappa shape index (κ3) is 4.82. The third-order valence-electron chi connectivity index (χ3n) is 4.67. The molecule has 1 aromatic carbocycles. The Hall–Kier alpha value is -3.17. The van der Waals surface area contributed by atoms with E-state index in [9.17, 15) is 23.2 Å². The summed E-state index contributed by atoms with van der Waals surface area (Å²) in [6.45, 7) is -2.94. The molecule has 0 spiro atoms. The van der Waals surface area contributed by atoms with Crippen LogP contribution in [0.15, 0.2) is 40.1 Å². The van der Waals surface area contributed by atoms with Gasteiger partial charge in [-0.3, -0.25) is 18.7 Å². The molecule has 2 aromatic rings. The average molecular weight is 409 g/mol. The molecule has 10 heteroatoms. The molecule has 3 rings (SSSR count). The Morgan fingerprint density at radius 2 is 1.97 bits per heavy atom. The van der Waals surface area contributed by atoms with Crippen LogP contribution in [0.25, 0.3) is 0 Å². The molecule has 1 saturated carbocycles. The van der Waals surface area contributed by atoms with Crippen molar-refractivity contribution >= 4 is 5.91 Å². The number of methoxy groups -OCH3 is 1. The Bertz CT molecular complexity index is 1010. The van der Waals surface area contributed by atoms with Crippen molar-refractivity contribution in [2.45, 2.75) is 38.6 Å². The average Bonchev–Trinajstić information content (AvgIpc) is 3.52. The van der Waals surface area contributed by atoms with Gasteiger partial charge in [0, 0.05) is 31.9 Å². The van der Waals surface area contributed by atoms with Gasteiger partial charge < -0.3 is 14.4 Å². The highest BCUT2D eigenvalue weighted by atomic mass is 19.3. The lowest BCUT2D eigenvalue weighted by Gasteiger charge is -2.23. The minimum absolute atomic E-state index is 0.0497. The van der Waals surface area contributed by atoms with Crippen molar-refractivity contribution in [1.82, 2.24) is 14.0 Å². The number of nitrogens with zero attached hydrogens (tertiary/aromatic N) is 3. The molecule has 8 nitrogen and oxygen atoms in total. The van der Waals surface area contributed by atoms with Gasteiger partial charge in [-0.2, -0.15) is 8.78 Å². The number of amides is 1. The van der Waals surface area contributed by atoms with Crippen molar-refractivity contribution in [2.24, 2.45) is 7.05 Å². The van der Waals surface area contributed by atoms with Crippen molar-refractivity contribution in [3.8, 4) is 11.5 Å². The molecule has 0 radical (unpaired) electrons. The van der Waals surface area contributed by atoms with Gasteiger partial charge in [-0.25, -0.2) is 4.79 Å². The SMILES string of the molecule is COc1cc(CN(C(=O)Cn2ccc(=O)n(C)c2=O)C2CC2)ccc1OC(F)F. The smallest absolute Gasteiger partial charge is 0.387 e. The summed E-state index contributed by atoms with van der Waals surface area (Å²) in [4.78, 5) is 38.2. The van der Waals surface area contributed by atoms with Crippen molar-refractivity contribution < 1.29 is 23.0 Å². The van der Waals surface area contributed by atoms with Crippen molar-refractivity contribution in [1.29, 1.82) is 0 Å². The van der Waals surface area contributed by atoms with E-state index in [2.05, 4.69) is 4.74 Å². The van der Waals surface area contributed by atoms with Crippen LogP contribution >= 0.6 is 0 Å². The summed E-state index contributed by atoms with van der Waals surface area (Å²) in [6, 6.07) is 5.77. The maximum absolute atomic E-state index is 12.8. The van der Waals surface area contributed by atoms with Crippen LogP contribution in [0.3, 0.4) is 0 Å². The Morgan fingerprint density at radius 3 is 2.59 bits per heavy atom. The fourth-order valence-corrected chi connectivity index (χ4v) is 2.98. The first-order valence-electron chi connectivity index (χ1n) is 8.98. The zero-order valence-electron chi connectivity index (χ0n) is 16.0. The zero-order chi connectivity index (χ0) is 21.1. The standard InChI is InChI=1S/C19H21F2N3O5/c1-22-16(25)7-8-23(19(22)27)11-17(26)24(13-4-5-13)10-12-3-6-14(29-18(20)21)15(9-12)28-2/h3,6-9,13,18H,4-5,10-11H2,1-2H3. The van der Waals surface area contributed by atoms with Gasteiger partial charge >= 0.3 is 12.3 Å². The van der Waals surface area contributed by atoms with E-state index in [0.29, 0.717) is 5.56 Å². The van der Waals surface area contributed by atoms with E-state index in [-0.39, 0.29) is 36.5 Å². The van der Waals surface area contributed by atoms with E-state index in [1.807, 2.05) is 0 Å². The predicted molar refractivity (Wildman–Crippen MR) is 99.1 cm³/mol. The fraction of sp³-hybridized carbons (Fsp3) is 0.421. The molecular formula is C19H21F2N3O5. The van der Waals surface area contributed by atoms with E-state index in [0.717, 1.165) is 17.4 Å². The number of benzene rings is 1. The lowest BCUT2D eigenvalue weighted by molar-refractivity contribution is -0.133. The molecule has 0 unspecified atom stereocenters. The third-order valence-corrected chi connectivity index (χ3v) is 4.67. The molecule has 0 atom stereocenters. The normalized spacial score (nSPS) is 13.4. The molecule has 0 aliphatic heterocycles. The van der Waals surface area contributed by atoms with Crippen LogP contribution in [-0.4, -0.2) is 39.7 Å². The van der Waals surface area contributed by atoms with Crippen LogP contribution in [0.5, 0.6) is 11.5 Å². The van der Waals surface area contributed by atoms with E-state index < -0.39 is 17.9 Å². The molecule has 1 amide bonds.